The number of H-pyrrole nitrogens is 1. The number of carbonyl (C=O) groups excluding carboxylic acids is 2. The summed E-state index contributed by atoms with van der Waals surface area (Å²) in [7, 11) is 1.68. The fourth-order valence-corrected chi connectivity index (χ4v) is 6.38. The average molecular weight is 568 g/mol. The Balaban J connectivity index is 1.36. The van der Waals surface area contributed by atoms with Gasteiger partial charge in [-0.15, -0.1) is 16.9 Å². The third-order valence-electron chi connectivity index (χ3n) is 5.52. The lowest BCUT2D eigenvalue weighted by atomic mass is 10.0. The number of thiocarbonyl (C=S) groups is 1. The molecule has 3 atom stereocenters. The van der Waals surface area contributed by atoms with E-state index in [4.69, 9.17) is 17.3 Å². The Hall–Kier alpha value is -3.51. The Labute approximate surface area is 222 Å². The number of aromatic nitrogens is 6. The number of aromatic amines is 1. The van der Waals surface area contributed by atoms with Gasteiger partial charge in [-0.2, -0.15) is 0 Å². The number of hydrogen-bond donors (Lipinski definition) is 5. The highest BCUT2D eigenvalue weighted by atomic mass is 32.2. The molecular formula is C19H21N9O6S3. The van der Waals surface area contributed by atoms with Crippen LogP contribution in [0.4, 0.5) is 0 Å². The zero-order valence-electron chi connectivity index (χ0n) is 19.2. The number of rotatable bonds is 12. The maximum Gasteiger partial charge on any atom is 0.352 e. The molecule has 15 nitrogen and oxygen atoms in total. The number of aliphatic carboxylic acids is 2. The fraction of sp³-hybridized carbons (Fsp3) is 0.421. The van der Waals surface area contributed by atoms with Crippen molar-refractivity contribution in [2.45, 2.75) is 35.5 Å². The standard InChI is InChI=1S/C19H21N9O6S3/c1-27-19(24-25-26-27)37-6-8-5-36-16-13(15(30)28(16)14(8)18(33)34)23-12(35)3-11-20-4-9(22-11)2-10(17(31)32)21-7-29/h4,7,10,13,16H,2-3,5-6H2,1H3,(H,20,22)(H,21,29)(H,23,35)(H,31,32)(H,33,34)/t10?,13-,16+/m1/s1. The molecule has 196 valence electrons. The molecule has 4 rings (SSSR count). The van der Waals surface area contributed by atoms with Gasteiger partial charge in [0.2, 0.25) is 11.6 Å². The zero-order valence-corrected chi connectivity index (χ0v) is 21.6. The van der Waals surface area contributed by atoms with E-state index in [-0.39, 0.29) is 18.5 Å². The van der Waals surface area contributed by atoms with Gasteiger partial charge in [0.05, 0.1) is 11.4 Å². The number of nitrogens with zero attached hydrogens (tertiary/aromatic N) is 6. The summed E-state index contributed by atoms with van der Waals surface area (Å²) in [5.74, 6) is -1.57. The van der Waals surface area contributed by atoms with Gasteiger partial charge in [0, 0.05) is 36.9 Å². The minimum absolute atomic E-state index is 0.00807. The van der Waals surface area contributed by atoms with Crippen LogP contribution in [0.1, 0.15) is 11.5 Å². The Morgan fingerprint density at radius 1 is 1.43 bits per heavy atom. The van der Waals surface area contributed by atoms with Gasteiger partial charge in [-0.1, -0.05) is 24.0 Å². The molecule has 0 aromatic carbocycles. The third-order valence-corrected chi connectivity index (χ3v) is 8.22. The monoisotopic (exact) mass is 567 g/mol. The van der Waals surface area contributed by atoms with Crippen molar-refractivity contribution in [1.82, 2.24) is 45.7 Å². The average Bonchev–Trinajstić information content (AvgIpc) is 3.48. The van der Waals surface area contributed by atoms with Crippen molar-refractivity contribution in [3.8, 4) is 0 Å². The van der Waals surface area contributed by atoms with Gasteiger partial charge in [0.25, 0.3) is 5.91 Å². The lowest BCUT2D eigenvalue weighted by Crippen LogP contribution is -2.70. The molecule has 0 spiro atoms. The van der Waals surface area contributed by atoms with E-state index in [9.17, 15) is 24.3 Å². The number of thioether (sulfide) groups is 2. The molecule has 0 bridgehead atoms. The predicted octanol–water partition coefficient (Wildman–Crippen LogP) is -1.45. The molecule has 4 heterocycles. The van der Waals surface area contributed by atoms with Crippen LogP contribution in [-0.2, 0) is 39.1 Å². The molecule has 2 aromatic rings. The van der Waals surface area contributed by atoms with Gasteiger partial charge in [-0.3, -0.25) is 14.5 Å². The molecule has 37 heavy (non-hydrogen) atoms. The summed E-state index contributed by atoms with van der Waals surface area (Å²) < 4.78 is 1.48. The van der Waals surface area contributed by atoms with Crippen LogP contribution in [0.25, 0.3) is 0 Å². The molecule has 2 amide bonds. The molecule has 1 unspecified atom stereocenters. The van der Waals surface area contributed by atoms with E-state index in [1.54, 1.807) is 7.05 Å². The second kappa shape index (κ2) is 11.3. The van der Waals surface area contributed by atoms with E-state index in [2.05, 4.69) is 36.1 Å². The Morgan fingerprint density at radius 3 is 2.86 bits per heavy atom. The lowest BCUT2D eigenvalue weighted by Gasteiger charge is -2.49. The number of carboxylic acids is 2. The highest BCUT2D eigenvalue weighted by Gasteiger charge is 2.53. The van der Waals surface area contributed by atoms with E-state index in [0.29, 0.717) is 45.2 Å². The maximum absolute atomic E-state index is 12.9. The molecular weight excluding hydrogens is 546 g/mol. The minimum atomic E-state index is -1.18. The second-order valence-electron chi connectivity index (χ2n) is 8.00. The lowest BCUT2D eigenvalue weighted by molar-refractivity contribution is -0.148. The van der Waals surface area contributed by atoms with Crippen molar-refractivity contribution in [3.63, 3.8) is 0 Å². The summed E-state index contributed by atoms with van der Waals surface area (Å²) in [4.78, 5) is 55.5. The molecule has 0 radical (unpaired) electrons. The van der Waals surface area contributed by atoms with Crippen molar-refractivity contribution < 1.29 is 29.4 Å². The zero-order chi connectivity index (χ0) is 26.7. The van der Waals surface area contributed by atoms with Crippen molar-refractivity contribution in [2.24, 2.45) is 7.05 Å². The molecule has 5 N–H and O–H groups in total. The quantitative estimate of drug-likeness (QED) is 0.0860. The highest BCUT2D eigenvalue weighted by Crippen LogP contribution is 2.41. The highest BCUT2D eigenvalue weighted by molar-refractivity contribution is 8.01. The SMILES string of the molecule is Cn1nnnc1SCC1=C(C(=O)O)N2C(=O)[C@@H](NC(=S)Cc3ncc(CC(NC=O)C(=O)O)[nH]3)[C@@H]2SC1. The normalized spacial score (nSPS) is 19.6. The number of tetrazole rings is 1. The summed E-state index contributed by atoms with van der Waals surface area (Å²) >= 11 is 8.11. The number of nitrogens with one attached hydrogen (secondary N) is 3. The third kappa shape index (κ3) is 5.75. The number of β-lactam (4-membered cyclic amide) rings is 1. The molecule has 1 saturated heterocycles. The number of aryl methyl sites for hydroxylation is 1. The topological polar surface area (TPSA) is 208 Å². The predicted molar refractivity (Wildman–Crippen MR) is 133 cm³/mol. The van der Waals surface area contributed by atoms with Crippen LogP contribution in [0.2, 0.25) is 0 Å². The van der Waals surface area contributed by atoms with Crippen molar-refractivity contribution in [2.75, 3.05) is 11.5 Å². The smallest absolute Gasteiger partial charge is 0.352 e. The summed E-state index contributed by atoms with van der Waals surface area (Å²) in [6.45, 7) is 0. The molecule has 18 heteroatoms. The second-order valence-corrected chi connectivity index (χ2v) is 10.5. The molecule has 1 fully saturated rings. The van der Waals surface area contributed by atoms with Gasteiger partial charge in [0.15, 0.2) is 0 Å². The summed E-state index contributed by atoms with van der Waals surface area (Å²) in [6.07, 6.45) is 1.94. The number of carboxylic acid groups (broad SMARTS) is 2. The maximum atomic E-state index is 12.9. The largest absolute Gasteiger partial charge is 0.480 e. The first-order chi connectivity index (χ1) is 17.7. The van der Waals surface area contributed by atoms with Crippen LogP contribution >= 0.6 is 35.7 Å². The van der Waals surface area contributed by atoms with E-state index in [0.717, 1.165) is 0 Å². The van der Waals surface area contributed by atoms with Crippen LogP contribution in [0.5, 0.6) is 0 Å². The van der Waals surface area contributed by atoms with Gasteiger partial charge >= 0.3 is 11.9 Å². The van der Waals surface area contributed by atoms with E-state index >= 15 is 0 Å². The van der Waals surface area contributed by atoms with Crippen molar-refractivity contribution in [1.29, 1.82) is 0 Å². The number of fused-ring (bicyclic) bond motifs is 1. The van der Waals surface area contributed by atoms with Crippen LogP contribution in [-0.4, -0.2) is 103 Å². The first-order valence-corrected chi connectivity index (χ1v) is 13.1. The molecule has 0 aliphatic carbocycles. The van der Waals surface area contributed by atoms with Crippen molar-refractivity contribution >= 4 is 65.0 Å². The van der Waals surface area contributed by atoms with Gasteiger partial charge < -0.3 is 25.8 Å². The Kier molecular flexibility index (Phi) is 8.08. The summed E-state index contributed by atoms with van der Waals surface area (Å²) in [5, 5.41) is 35.5. The first kappa shape index (κ1) is 26.6. The summed E-state index contributed by atoms with van der Waals surface area (Å²) in [5.41, 5.74) is 1.06. The Bertz CT molecular complexity index is 1280. The van der Waals surface area contributed by atoms with E-state index in [1.807, 2.05) is 0 Å². The van der Waals surface area contributed by atoms with E-state index < -0.39 is 35.3 Å². The number of imidazole rings is 1. The van der Waals surface area contributed by atoms with Gasteiger partial charge in [-0.05, 0) is 16.0 Å². The van der Waals surface area contributed by atoms with Crippen LogP contribution in [0.3, 0.4) is 0 Å². The van der Waals surface area contributed by atoms with Gasteiger partial charge in [-0.25, -0.2) is 19.3 Å². The molecule has 2 aliphatic rings. The van der Waals surface area contributed by atoms with Crippen LogP contribution in [0, 0.1) is 0 Å². The molecule has 0 saturated carbocycles. The number of hydrogen-bond acceptors (Lipinski definition) is 11. The fourth-order valence-electron chi connectivity index (χ4n) is 3.78. The number of carbonyl (C=O) groups is 4. The van der Waals surface area contributed by atoms with E-state index in [1.165, 1.54) is 39.3 Å². The molecule has 2 aromatic heterocycles. The van der Waals surface area contributed by atoms with Crippen LogP contribution < -0.4 is 10.6 Å². The van der Waals surface area contributed by atoms with Crippen LogP contribution in [0.15, 0.2) is 22.6 Å². The number of amides is 2. The van der Waals surface area contributed by atoms with Crippen molar-refractivity contribution in [3.05, 3.63) is 29.0 Å². The molecule has 2 aliphatic heterocycles. The Morgan fingerprint density at radius 2 is 2.22 bits per heavy atom. The first-order valence-electron chi connectivity index (χ1n) is 10.7. The minimum Gasteiger partial charge on any atom is -0.480 e. The van der Waals surface area contributed by atoms with Gasteiger partial charge in [0.1, 0.15) is 29.0 Å². The summed E-state index contributed by atoms with van der Waals surface area (Å²) in [6, 6.07) is -1.79.